The molecule has 0 N–H and O–H groups in total. The van der Waals surface area contributed by atoms with E-state index in [9.17, 15) is 59.4 Å². The monoisotopic (exact) mass is 1260 g/mol. The van der Waals surface area contributed by atoms with Crippen molar-refractivity contribution in [1.29, 1.82) is 0 Å². The maximum absolute atomic E-state index is 13.4. The van der Waals surface area contributed by atoms with E-state index in [1.807, 2.05) is 0 Å². The Morgan fingerprint density at radius 3 is 0.700 bits per heavy atom. The number of aliphatic imine (C=N–C) groups is 6. The Hall–Kier alpha value is -3.84. The molecule has 0 spiro atoms. The molecule has 426 valence electrons. The number of rotatable bonds is 6. The molecule has 0 fully saturated rings. The van der Waals surface area contributed by atoms with Gasteiger partial charge in [0.2, 0.25) is 0 Å². The molecule has 0 unspecified atom stereocenters. The van der Waals surface area contributed by atoms with Crippen molar-refractivity contribution in [3.63, 3.8) is 0 Å². The third-order valence-corrected chi connectivity index (χ3v) is 15.8. The van der Waals surface area contributed by atoms with Crippen LogP contribution in [0.2, 0.25) is 0 Å². The number of benzene rings is 6. The van der Waals surface area contributed by atoms with Crippen LogP contribution in [0.25, 0.3) is 0 Å². The van der Waals surface area contributed by atoms with Crippen LogP contribution in [0.3, 0.4) is 0 Å². The van der Waals surface area contributed by atoms with Crippen molar-refractivity contribution >= 4 is 73.1 Å². The minimum Gasteiger partial charge on any atom is -0.545 e. The summed E-state index contributed by atoms with van der Waals surface area (Å²) in [6.07, 6.45) is 11.9. The van der Waals surface area contributed by atoms with Crippen LogP contribution in [0.15, 0.2) is 103 Å². The van der Waals surface area contributed by atoms with Crippen molar-refractivity contribution in [1.82, 2.24) is 0 Å². The van der Waals surface area contributed by atoms with Gasteiger partial charge in [-0.1, -0.05) is 24.3 Å². The maximum Gasteiger partial charge on any atom is 1.00 e. The Labute approximate surface area is 653 Å². The van der Waals surface area contributed by atoms with Crippen LogP contribution in [-0.4, -0.2) is 112 Å². The van der Waals surface area contributed by atoms with Gasteiger partial charge in [0.25, 0.3) is 0 Å². The largest absolute Gasteiger partial charge is 1.00 e. The van der Waals surface area contributed by atoms with Gasteiger partial charge in [0.05, 0.1) is 35.8 Å². The predicted octanol–water partition coefficient (Wildman–Crippen LogP) is -16.4. The number of carboxylic acid groups (broad SMARTS) is 6. The fraction of sp³-hybridized carbons (Fsp3) is 0.273. The van der Waals surface area contributed by atoms with Crippen LogP contribution < -0.4 is 208 Å². The molecule has 4 heterocycles. The summed E-state index contributed by atoms with van der Waals surface area (Å²) in [5, 5.41) is 78.5. The molecule has 6 aromatic carbocycles. The average Bonchev–Trinajstić information content (AvgIpc) is 1.71. The molecular weight excluding hydrogens is 1210 g/mol. The van der Waals surface area contributed by atoms with Crippen molar-refractivity contribution in [2.45, 2.75) is 77.0 Å². The van der Waals surface area contributed by atoms with Gasteiger partial charge in [-0.15, -0.1) is 0 Å². The van der Waals surface area contributed by atoms with Gasteiger partial charge in [0, 0.05) is 143 Å². The van der Waals surface area contributed by atoms with Crippen LogP contribution in [0, 0.1) is 0 Å². The van der Waals surface area contributed by atoms with Gasteiger partial charge in [-0.25, -0.2) is 0 Å². The summed E-state index contributed by atoms with van der Waals surface area (Å²) in [7, 11) is 0. The third-order valence-electron chi connectivity index (χ3n) is 15.8. The Bertz CT molecular complexity index is 3690. The SMILES string of the molecule is O=C([O-])c1cc2c3cc1C=NCCCCN=Cc1cc4c(cc1C(=O)[O-])Cc1cc5c(C(=O)[O-])cc1Cc1ccc(c(C(=O)[O-])c1C4)C=NCCCCN=Cc1ccc(c(c1C(=O)[O-])C3)Cc1cc(C(=O)[O-])c(cc1C2)C=NCCCCN=C5.[Na+].[Na+].[Na+].[Na+].[Na+].[Na+]. The number of nitrogens with zero attached hydrogens (tertiary/aromatic N) is 6. The molecule has 0 saturated carbocycles. The summed E-state index contributed by atoms with van der Waals surface area (Å²) in [6, 6.07) is 19.4. The van der Waals surface area contributed by atoms with Gasteiger partial charge in [-0.2, -0.15) is 0 Å². The summed E-state index contributed by atoms with van der Waals surface area (Å²) in [6.45, 7) is 1.45. The molecule has 2 aliphatic carbocycles. The van der Waals surface area contributed by atoms with Crippen molar-refractivity contribution in [3.05, 3.63) is 206 Å². The fourth-order valence-corrected chi connectivity index (χ4v) is 11.5. The average molecular weight is 1260 g/mol. The van der Waals surface area contributed by atoms with Crippen molar-refractivity contribution in [2.24, 2.45) is 30.0 Å². The molecule has 6 aliphatic rings. The number of fused-ring (bicyclic) bond motifs is 3. The summed E-state index contributed by atoms with van der Waals surface area (Å²) in [4.78, 5) is 106. The first-order valence-corrected chi connectivity index (χ1v) is 27.8. The zero-order valence-corrected chi connectivity index (χ0v) is 63.7. The quantitative estimate of drug-likeness (QED) is 0.140. The van der Waals surface area contributed by atoms with Gasteiger partial charge < -0.3 is 59.4 Å². The second kappa shape index (κ2) is 36.7. The molecule has 90 heavy (non-hydrogen) atoms. The number of hydrogen-bond acceptors (Lipinski definition) is 18. The first-order chi connectivity index (χ1) is 40.6. The Balaban J connectivity index is 0.00000288. The summed E-state index contributed by atoms with van der Waals surface area (Å²) < 4.78 is 0. The Morgan fingerprint density at radius 2 is 0.467 bits per heavy atom. The van der Waals surface area contributed by atoms with E-state index in [-0.39, 0.29) is 322 Å². The van der Waals surface area contributed by atoms with Gasteiger partial charge in [-0.3, -0.25) is 30.0 Å². The maximum atomic E-state index is 13.4. The van der Waals surface area contributed by atoms with Gasteiger partial charge >= 0.3 is 177 Å². The second-order valence-corrected chi connectivity index (χ2v) is 21.3. The van der Waals surface area contributed by atoms with Crippen molar-refractivity contribution in [3.8, 4) is 0 Å². The molecule has 0 amide bonds. The standard InChI is InChI=1S/C66H60N6O12.6Na/c73-61(74)55-27-43-17-37-7-9-39-31-67-11-1-2-12-68-32-40-10-8-38-18-44-28-56(62(75)76)50-22-42(44)20-46-30-58(64(79)80)52(24-48(46)26-54(38)60(40)66(83)84)36-72-16-6-5-15-71-35-51-23-47(25-53(37)59(39)65(81)82)45(29-57(51)63(77)78)19-41(43)21-49(55)33-69-13-3-4-14-70-34-50;;;;;;/h7-10,21-24,27-36H,1-6,11-20,25-26H2,(H,73,74)(H,75,76)(H,77,78)(H,79,80)(H,81,82)(H,83,84);;;;;;/q;6*+1/p-6. The van der Waals surface area contributed by atoms with Crippen molar-refractivity contribution < 1.29 is 237 Å². The van der Waals surface area contributed by atoms with E-state index in [0.29, 0.717) is 105 Å². The van der Waals surface area contributed by atoms with Crippen LogP contribution in [0.4, 0.5) is 0 Å². The number of carbonyl (C=O) groups excluding carboxylic acids is 6. The zero-order chi connectivity index (χ0) is 59.0. The smallest absolute Gasteiger partial charge is 0.545 e. The van der Waals surface area contributed by atoms with E-state index in [0.717, 1.165) is 0 Å². The molecule has 0 saturated heterocycles. The first kappa shape index (κ1) is 78.6. The van der Waals surface area contributed by atoms with Gasteiger partial charge in [-0.05, 0) is 192 Å². The molecule has 4 aliphatic heterocycles. The number of carboxylic acids is 6. The van der Waals surface area contributed by atoms with E-state index in [1.54, 1.807) is 48.5 Å². The molecule has 0 radical (unpaired) electrons. The molecule has 0 aromatic heterocycles. The number of hydrogen-bond donors (Lipinski definition) is 0. The molecule has 14 bridgehead atoms. The molecule has 6 aromatic rings. The van der Waals surface area contributed by atoms with Crippen LogP contribution in [-0.2, 0) is 38.5 Å². The zero-order valence-electron chi connectivity index (χ0n) is 51.7. The van der Waals surface area contributed by atoms with Gasteiger partial charge in [0.1, 0.15) is 0 Å². The fourth-order valence-electron chi connectivity index (χ4n) is 11.5. The molecule has 24 heteroatoms. The molecule has 0 atom stereocenters. The molecule has 12 rings (SSSR count). The second-order valence-electron chi connectivity index (χ2n) is 21.3. The van der Waals surface area contributed by atoms with E-state index in [4.69, 9.17) is 0 Å². The van der Waals surface area contributed by atoms with Crippen LogP contribution in [0.1, 0.15) is 201 Å². The summed E-state index contributed by atoms with van der Waals surface area (Å²) >= 11 is 0. The summed E-state index contributed by atoms with van der Waals surface area (Å²) in [5.74, 6) is -8.87. The van der Waals surface area contributed by atoms with E-state index < -0.39 is 35.8 Å². The number of aromatic carboxylic acids is 6. The minimum atomic E-state index is -1.48. The Kier molecular flexibility index (Phi) is 32.1. The number of carbonyl (C=O) groups is 6. The molecule has 18 nitrogen and oxygen atoms in total. The van der Waals surface area contributed by atoms with E-state index in [2.05, 4.69) is 30.0 Å². The van der Waals surface area contributed by atoms with Crippen LogP contribution >= 0.6 is 0 Å². The third kappa shape index (κ3) is 19.0. The minimum absolute atomic E-state index is 0. The molecular formula is C66H54N6Na6O12. The van der Waals surface area contributed by atoms with Crippen molar-refractivity contribution in [2.75, 3.05) is 39.3 Å². The first-order valence-electron chi connectivity index (χ1n) is 27.8. The van der Waals surface area contributed by atoms with E-state index in [1.165, 1.54) is 61.6 Å². The van der Waals surface area contributed by atoms with Gasteiger partial charge in [0.15, 0.2) is 0 Å². The predicted molar refractivity (Wildman–Crippen MR) is 304 cm³/mol. The van der Waals surface area contributed by atoms with Crippen LogP contribution in [0.5, 0.6) is 0 Å². The normalized spacial score (nSPS) is 14.3. The Morgan fingerprint density at radius 1 is 0.256 bits per heavy atom. The topological polar surface area (TPSA) is 315 Å². The van der Waals surface area contributed by atoms with E-state index >= 15 is 0 Å². The summed E-state index contributed by atoms with van der Waals surface area (Å²) in [5.41, 5.74) is 6.72.